The van der Waals surface area contributed by atoms with E-state index in [0.29, 0.717) is 5.76 Å². The maximum Gasteiger partial charge on any atom is 0.331 e. The van der Waals surface area contributed by atoms with E-state index >= 15 is 0 Å². The summed E-state index contributed by atoms with van der Waals surface area (Å²) < 4.78 is 9.73. The van der Waals surface area contributed by atoms with Gasteiger partial charge in [-0.3, -0.25) is 14.9 Å². The Hall–Kier alpha value is -3.42. The van der Waals surface area contributed by atoms with E-state index in [1.807, 2.05) is 0 Å². The first-order chi connectivity index (χ1) is 11.0. The smallest absolute Gasteiger partial charge is 0.331 e. The van der Waals surface area contributed by atoms with Crippen LogP contribution in [-0.4, -0.2) is 23.4 Å². The van der Waals surface area contributed by atoms with Gasteiger partial charge in [-0.1, -0.05) is 6.07 Å². The summed E-state index contributed by atoms with van der Waals surface area (Å²) in [6.45, 7) is -0.510. The van der Waals surface area contributed by atoms with E-state index in [1.165, 1.54) is 36.6 Å². The molecule has 0 saturated carbocycles. The number of nitrogens with zero attached hydrogens (tertiary/aromatic N) is 1. The van der Waals surface area contributed by atoms with E-state index < -0.39 is 23.4 Å². The Kier molecular flexibility index (Phi) is 5.24. The highest BCUT2D eigenvalue weighted by Crippen LogP contribution is 2.16. The number of nitro benzene ring substituents is 1. The molecule has 2 rings (SSSR count). The van der Waals surface area contributed by atoms with E-state index in [-0.39, 0.29) is 11.4 Å². The van der Waals surface area contributed by atoms with Gasteiger partial charge in [0, 0.05) is 23.9 Å². The summed E-state index contributed by atoms with van der Waals surface area (Å²) in [5.74, 6) is -0.844. The SMILES string of the molecule is O=C(COC(=O)/C=C/c1ccco1)Nc1cccc([N+](=O)[O-])c1. The molecule has 0 aliphatic heterocycles. The Morgan fingerprint density at radius 2 is 2.13 bits per heavy atom. The van der Waals surface area contributed by atoms with Gasteiger partial charge in [0.05, 0.1) is 11.2 Å². The third-order valence-electron chi connectivity index (χ3n) is 2.61. The minimum Gasteiger partial charge on any atom is -0.465 e. The number of carbonyl (C=O) groups is 2. The first kappa shape index (κ1) is 16.0. The number of furan rings is 1. The second-order valence-electron chi connectivity index (χ2n) is 4.31. The van der Waals surface area contributed by atoms with Gasteiger partial charge in [-0.15, -0.1) is 0 Å². The summed E-state index contributed by atoms with van der Waals surface area (Å²) >= 11 is 0. The highest BCUT2D eigenvalue weighted by atomic mass is 16.6. The molecule has 23 heavy (non-hydrogen) atoms. The Morgan fingerprint density at radius 1 is 1.30 bits per heavy atom. The summed E-state index contributed by atoms with van der Waals surface area (Å²) in [6.07, 6.45) is 3.98. The van der Waals surface area contributed by atoms with Crippen molar-refractivity contribution in [1.82, 2.24) is 0 Å². The number of hydrogen-bond acceptors (Lipinski definition) is 6. The van der Waals surface area contributed by atoms with Crippen molar-refractivity contribution in [1.29, 1.82) is 0 Å². The fourth-order valence-corrected chi connectivity index (χ4v) is 1.62. The second kappa shape index (κ2) is 7.55. The van der Waals surface area contributed by atoms with Gasteiger partial charge in [0.1, 0.15) is 5.76 Å². The minimum absolute atomic E-state index is 0.152. The first-order valence-corrected chi connectivity index (χ1v) is 6.47. The Labute approximate surface area is 130 Å². The molecule has 0 fully saturated rings. The van der Waals surface area contributed by atoms with Crippen LogP contribution in [0, 0.1) is 10.1 Å². The number of anilines is 1. The average Bonchev–Trinajstić information content (AvgIpc) is 3.04. The molecule has 8 heteroatoms. The van der Waals surface area contributed by atoms with Crippen LogP contribution >= 0.6 is 0 Å². The molecule has 1 N–H and O–H groups in total. The molecule has 0 aliphatic carbocycles. The summed E-state index contributed by atoms with van der Waals surface area (Å²) in [7, 11) is 0. The number of nitrogens with one attached hydrogen (secondary N) is 1. The molecule has 0 bridgehead atoms. The van der Waals surface area contributed by atoms with Gasteiger partial charge in [0.25, 0.3) is 11.6 Å². The number of carbonyl (C=O) groups excluding carboxylic acids is 2. The number of hydrogen-bond donors (Lipinski definition) is 1. The fourth-order valence-electron chi connectivity index (χ4n) is 1.62. The van der Waals surface area contributed by atoms with E-state index in [1.54, 1.807) is 12.1 Å². The van der Waals surface area contributed by atoms with Crippen molar-refractivity contribution in [2.45, 2.75) is 0 Å². The zero-order valence-corrected chi connectivity index (χ0v) is 11.8. The number of ether oxygens (including phenoxy) is 1. The Morgan fingerprint density at radius 3 is 2.83 bits per heavy atom. The molecule has 1 aromatic carbocycles. The van der Waals surface area contributed by atoms with Crippen molar-refractivity contribution in [3.8, 4) is 0 Å². The zero-order valence-electron chi connectivity index (χ0n) is 11.8. The van der Waals surface area contributed by atoms with E-state index in [4.69, 9.17) is 9.15 Å². The molecule has 1 heterocycles. The number of rotatable bonds is 6. The molecule has 118 valence electrons. The molecule has 0 radical (unpaired) electrons. The minimum atomic E-state index is -0.712. The van der Waals surface area contributed by atoms with Crippen LogP contribution in [-0.2, 0) is 14.3 Å². The number of non-ortho nitro benzene ring substituents is 1. The van der Waals surface area contributed by atoms with Crippen molar-refractivity contribution >= 4 is 29.3 Å². The monoisotopic (exact) mass is 316 g/mol. The van der Waals surface area contributed by atoms with Gasteiger partial charge in [0.15, 0.2) is 6.61 Å². The molecule has 0 saturated heterocycles. The van der Waals surface area contributed by atoms with Gasteiger partial charge in [-0.25, -0.2) is 4.79 Å². The van der Waals surface area contributed by atoms with Crippen LogP contribution in [0.4, 0.5) is 11.4 Å². The normalized spacial score (nSPS) is 10.4. The summed E-state index contributed by atoms with van der Waals surface area (Å²) in [6, 6.07) is 8.75. The molecule has 0 unspecified atom stereocenters. The lowest BCUT2D eigenvalue weighted by Gasteiger charge is -2.05. The topological polar surface area (TPSA) is 112 Å². The summed E-state index contributed by atoms with van der Waals surface area (Å²) in [5.41, 5.74) is 0.0903. The van der Waals surface area contributed by atoms with Crippen molar-refractivity contribution in [3.05, 3.63) is 64.6 Å². The third kappa shape index (κ3) is 5.12. The van der Waals surface area contributed by atoms with Crippen molar-refractivity contribution in [2.24, 2.45) is 0 Å². The summed E-state index contributed by atoms with van der Waals surface area (Å²) in [5, 5.41) is 13.0. The van der Waals surface area contributed by atoms with Crippen molar-refractivity contribution in [2.75, 3.05) is 11.9 Å². The van der Waals surface area contributed by atoms with E-state index in [2.05, 4.69) is 5.32 Å². The largest absolute Gasteiger partial charge is 0.465 e. The molecular formula is C15H12N2O6. The lowest BCUT2D eigenvalue weighted by Crippen LogP contribution is -2.20. The van der Waals surface area contributed by atoms with Crippen LogP contribution in [0.3, 0.4) is 0 Å². The van der Waals surface area contributed by atoms with Gasteiger partial charge >= 0.3 is 5.97 Å². The van der Waals surface area contributed by atoms with Crippen LogP contribution in [0.25, 0.3) is 6.08 Å². The number of nitro groups is 1. The van der Waals surface area contributed by atoms with Crippen LogP contribution in [0.5, 0.6) is 0 Å². The lowest BCUT2D eigenvalue weighted by molar-refractivity contribution is -0.384. The highest BCUT2D eigenvalue weighted by molar-refractivity contribution is 5.94. The standard InChI is InChI=1S/C15H12N2O6/c18-14(16-11-3-1-4-12(9-11)17(20)21)10-23-15(19)7-6-13-5-2-8-22-13/h1-9H,10H2,(H,16,18)/b7-6+. The number of amides is 1. The molecule has 2 aromatic rings. The molecule has 0 aliphatic rings. The van der Waals surface area contributed by atoms with Gasteiger partial charge < -0.3 is 14.5 Å². The number of benzene rings is 1. The predicted octanol–water partition coefficient (Wildman–Crippen LogP) is 2.38. The maximum absolute atomic E-state index is 11.6. The van der Waals surface area contributed by atoms with Gasteiger partial charge in [0.2, 0.25) is 0 Å². The molecule has 1 amide bonds. The van der Waals surface area contributed by atoms with Crippen molar-refractivity contribution in [3.63, 3.8) is 0 Å². The molecule has 1 aromatic heterocycles. The molecule has 8 nitrogen and oxygen atoms in total. The number of esters is 1. The van der Waals surface area contributed by atoms with Gasteiger partial charge in [-0.05, 0) is 24.3 Å². The second-order valence-corrected chi connectivity index (χ2v) is 4.31. The summed E-state index contributed by atoms with van der Waals surface area (Å²) in [4.78, 5) is 33.1. The fraction of sp³-hybridized carbons (Fsp3) is 0.0667. The zero-order chi connectivity index (χ0) is 16.7. The Balaban J connectivity index is 1.82. The van der Waals surface area contributed by atoms with Gasteiger partial charge in [-0.2, -0.15) is 0 Å². The molecule has 0 atom stereocenters. The molecular weight excluding hydrogens is 304 g/mol. The maximum atomic E-state index is 11.6. The lowest BCUT2D eigenvalue weighted by atomic mass is 10.3. The third-order valence-corrected chi connectivity index (χ3v) is 2.61. The predicted molar refractivity (Wildman–Crippen MR) is 80.4 cm³/mol. The quantitative estimate of drug-likeness (QED) is 0.379. The molecule has 0 spiro atoms. The average molecular weight is 316 g/mol. The highest BCUT2D eigenvalue weighted by Gasteiger charge is 2.09. The van der Waals surface area contributed by atoms with Crippen LogP contribution in [0.15, 0.2) is 53.2 Å². The van der Waals surface area contributed by atoms with E-state index in [9.17, 15) is 19.7 Å². The first-order valence-electron chi connectivity index (χ1n) is 6.47. The van der Waals surface area contributed by atoms with Crippen molar-refractivity contribution < 1.29 is 23.7 Å². The Bertz CT molecular complexity index is 736. The van der Waals surface area contributed by atoms with Crippen LogP contribution < -0.4 is 5.32 Å². The van der Waals surface area contributed by atoms with Crippen LogP contribution in [0.1, 0.15) is 5.76 Å². The van der Waals surface area contributed by atoms with E-state index in [0.717, 1.165) is 6.08 Å². The van der Waals surface area contributed by atoms with Crippen LogP contribution in [0.2, 0.25) is 0 Å².